The second-order valence-electron chi connectivity index (χ2n) is 2.81. The molecule has 0 aliphatic carbocycles. The summed E-state index contributed by atoms with van der Waals surface area (Å²) in [6.07, 6.45) is 0. The topological polar surface area (TPSA) is 46.2 Å². The Morgan fingerprint density at radius 3 is 2.60 bits per heavy atom. The Hall–Kier alpha value is -1.42. The number of carbonyl (C=O) groups excluding carboxylic acids is 2. The lowest BCUT2D eigenvalue weighted by Crippen LogP contribution is -2.30. The van der Waals surface area contributed by atoms with Gasteiger partial charge in [-0.15, -0.1) is 11.6 Å². The molecule has 15 heavy (non-hydrogen) atoms. The van der Waals surface area contributed by atoms with E-state index in [1.165, 1.54) is 18.2 Å². The van der Waals surface area contributed by atoms with E-state index in [1.807, 2.05) is 0 Å². The van der Waals surface area contributed by atoms with Crippen LogP contribution in [0.3, 0.4) is 0 Å². The van der Waals surface area contributed by atoms with E-state index in [1.54, 1.807) is 6.07 Å². The molecule has 0 unspecified atom stereocenters. The summed E-state index contributed by atoms with van der Waals surface area (Å²) in [4.78, 5) is 22.1. The molecule has 1 aromatic carbocycles. The van der Waals surface area contributed by atoms with Gasteiger partial charge in [0, 0.05) is 0 Å². The van der Waals surface area contributed by atoms with E-state index < -0.39 is 17.5 Å². The molecular formula is C10H9ClFNO2. The maximum absolute atomic E-state index is 13.1. The van der Waals surface area contributed by atoms with E-state index in [0.29, 0.717) is 0 Å². The van der Waals surface area contributed by atoms with Crippen LogP contribution in [0.15, 0.2) is 24.3 Å². The third kappa shape index (κ3) is 3.32. The molecule has 0 radical (unpaired) electrons. The highest BCUT2D eigenvalue weighted by Crippen LogP contribution is 2.06. The number of nitrogens with one attached hydrogen (secondary N) is 1. The van der Waals surface area contributed by atoms with E-state index >= 15 is 0 Å². The van der Waals surface area contributed by atoms with Gasteiger partial charge in [-0.2, -0.15) is 0 Å². The normalized spacial score (nSPS) is 9.73. The number of hydrogen-bond donors (Lipinski definition) is 1. The fourth-order valence-corrected chi connectivity index (χ4v) is 1.10. The minimum absolute atomic E-state index is 0.0348. The first-order chi connectivity index (χ1) is 7.15. The van der Waals surface area contributed by atoms with Crippen molar-refractivity contribution < 1.29 is 14.0 Å². The predicted molar refractivity (Wildman–Crippen MR) is 54.5 cm³/mol. The van der Waals surface area contributed by atoms with Crippen LogP contribution in [0.25, 0.3) is 0 Å². The first kappa shape index (κ1) is 11.7. The number of ketones is 1. The third-order valence-corrected chi connectivity index (χ3v) is 1.98. The molecule has 1 N–H and O–H groups in total. The molecule has 0 aromatic heterocycles. The minimum atomic E-state index is -0.595. The second-order valence-corrected chi connectivity index (χ2v) is 3.08. The zero-order chi connectivity index (χ0) is 11.3. The largest absolute Gasteiger partial charge is 0.348 e. The second kappa shape index (κ2) is 5.46. The molecule has 0 saturated heterocycles. The molecule has 0 aliphatic heterocycles. The monoisotopic (exact) mass is 229 g/mol. The first-order valence-electron chi connectivity index (χ1n) is 4.25. The summed E-state index contributed by atoms with van der Waals surface area (Å²) in [6.45, 7) is -0.244. The maximum Gasteiger partial charge on any atom is 0.235 e. The van der Waals surface area contributed by atoms with Crippen molar-refractivity contribution in [3.05, 3.63) is 35.6 Å². The Labute approximate surface area is 91.2 Å². The van der Waals surface area contributed by atoms with Crippen molar-refractivity contribution in [2.24, 2.45) is 0 Å². The fourth-order valence-electron chi connectivity index (χ4n) is 1.01. The van der Waals surface area contributed by atoms with Gasteiger partial charge in [-0.3, -0.25) is 9.59 Å². The molecule has 0 aliphatic rings. The van der Waals surface area contributed by atoms with E-state index in [-0.39, 0.29) is 18.0 Å². The zero-order valence-corrected chi connectivity index (χ0v) is 8.55. The van der Waals surface area contributed by atoms with Gasteiger partial charge in [-0.25, -0.2) is 4.39 Å². The number of benzene rings is 1. The summed E-state index contributed by atoms with van der Waals surface area (Å²) in [7, 11) is 0. The average molecular weight is 230 g/mol. The highest BCUT2D eigenvalue weighted by Gasteiger charge is 2.11. The first-order valence-corrected chi connectivity index (χ1v) is 4.79. The number of carbonyl (C=O) groups is 2. The van der Waals surface area contributed by atoms with Crippen molar-refractivity contribution in [2.45, 2.75) is 0 Å². The number of Topliss-reactive ketones (excluding diaryl/α,β-unsaturated/α-hetero) is 1. The van der Waals surface area contributed by atoms with Crippen molar-refractivity contribution in [1.82, 2.24) is 5.32 Å². The molecule has 1 aromatic rings. The molecule has 0 heterocycles. The lowest BCUT2D eigenvalue weighted by molar-refractivity contribution is -0.118. The summed E-state index contributed by atoms with van der Waals surface area (Å²) in [5.41, 5.74) is -0.0348. The van der Waals surface area contributed by atoms with Crippen LogP contribution < -0.4 is 5.32 Å². The minimum Gasteiger partial charge on any atom is -0.348 e. The molecular weight excluding hydrogens is 221 g/mol. The standard InChI is InChI=1S/C10H9ClFNO2/c11-5-10(15)13-6-9(14)7-3-1-2-4-8(7)12/h1-4H,5-6H2,(H,13,15). The van der Waals surface area contributed by atoms with Crippen LogP contribution in [-0.2, 0) is 4.79 Å². The third-order valence-electron chi connectivity index (χ3n) is 1.74. The molecule has 1 amide bonds. The summed E-state index contributed by atoms with van der Waals surface area (Å²) in [6, 6.07) is 5.60. The van der Waals surface area contributed by atoms with E-state index in [0.717, 1.165) is 0 Å². The average Bonchev–Trinajstić information content (AvgIpc) is 2.26. The van der Waals surface area contributed by atoms with Crippen molar-refractivity contribution >= 4 is 23.3 Å². The predicted octanol–water partition coefficient (Wildman–Crippen LogP) is 1.36. The van der Waals surface area contributed by atoms with Crippen molar-refractivity contribution in [3.63, 3.8) is 0 Å². The molecule has 0 bridgehead atoms. The molecule has 3 nitrogen and oxygen atoms in total. The van der Waals surface area contributed by atoms with Crippen LogP contribution in [0.2, 0.25) is 0 Å². The Morgan fingerprint density at radius 2 is 2.00 bits per heavy atom. The Balaban J connectivity index is 2.62. The molecule has 80 valence electrons. The van der Waals surface area contributed by atoms with Gasteiger partial charge < -0.3 is 5.32 Å². The van der Waals surface area contributed by atoms with Gasteiger partial charge in [0.15, 0.2) is 5.78 Å². The number of amides is 1. The van der Waals surface area contributed by atoms with Crippen LogP contribution in [-0.4, -0.2) is 24.1 Å². The smallest absolute Gasteiger partial charge is 0.235 e. The highest BCUT2D eigenvalue weighted by molar-refractivity contribution is 6.27. The lowest BCUT2D eigenvalue weighted by Gasteiger charge is -2.03. The number of halogens is 2. The fraction of sp³-hybridized carbons (Fsp3) is 0.200. The van der Waals surface area contributed by atoms with Gasteiger partial charge in [0.05, 0.1) is 12.1 Å². The molecule has 0 fully saturated rings. The van der Waals surface area contributed by atoms with E-state index in [9.17, 15) is 14.0 Å². The van der Waals surface area contributed by atoms with Gasteiger partial charge in [0.2, 0.25) is 5.91 Å². The van der Waals surface area contributed by atoms with Crippen molar-refractivity contribution in [1.29, 1.82) is 0 Å². The number of alkyl halides is 1. The van der Waals surface area contributed by atoms with Crippen molar-refractivity contribution in [3.8, 4) is 0 Å². The van der Waals surface area contributed by atoms with Gasteiger partial charge in [-0.1, -0.05) is 12.1 Å². The summed E-state index contributed by atoms with van der Waals surface area (Å²) < 4.78 is 13.1. The Morgan fingerprint density at radius 1 is 1.33 bits per heavy atom. The van der Waals surface area contributed by atoms with Crippen LogP contribution in [0.5, 0.6) is 0 Å². The quantitative estimate of drug-likeness (QED) is 0.626. The summed E-state index contributed by atoms with van der Waals surface area (Å²) in [5, 5.41) is 2.27. The van der Waals surface area contributed by atoms with Gasteiger partial charge in [0.25, 0.3) is 0 Å². The molecule has 0 atom stereocenters. The number of hydrogen-bond acceptors (Lipinski definition) is 2. The lowest BCUT2D eigenvalue weighted by atomic mass is 10.1. The van der Waals surface area contributed by atoms with Gasteiger partial charge in [0.1, 0.15) is 11.7 Å². The summed E-state index contributed by atoms with van der Waals surface area (Å²) in [5.74, 6) is -1.75. The van der Waals surface area contributed by atoms with Gasteiger partial charge >= 0.3 is 0 Å². The van der Waals surface area contributed by atoms with E-state index in [2.05, 4.69) is 5.32 Å². The number of rotatable bonds is 4. The maximum atomic E-state index is 13.1. The Kier molecular flexibility index (Phi) is 4.24. The summed E-state index contributed by atoms with van der Waals surface area (Å²) >= 11 is 5.22. The molecule has 5 heteroatoms. The van der Waals surface area contributed by atoms with Crippen LogP contribution >= 0.6 is 11.6 Å². The molecule has 1 rings (SSSR count). The van der Waals surface area contributed by atoms with Crippen LogP contribution in [0.4, 0.5) is 4.39 Å². The zero-order valence-electron chi connectivity index (χ0n) is 7.80. The molecule has 0 saturated carbocycles. The molecule has 0 spiro atoms. The van der Waals surface area contributed by atoms with Crippen LogP contribution in [0, 0.1) is 5.82 Å². The SMILES string of the molecule is O=C(CCl)NCC(=O)c1ccccc1F. The highest BCUT2D eigenvalue weighted by atomic mass is 35.5. The van der Waals surface area contributed by atoms with E-state index in [4.69, 9.17) is 11.6 Å². The van der Waals surface area contributed by atoms with Gasteiger partial charge in [-0.05, 0) is 12.1 Å². The van der Waals surface area contributed by atoms with Crippen LogP contribution in [0.1, 0.15) is 10.4 Å². The van der Waals surface area contributed by atoms with Crippen molar-refractivity contribution in [2.75, 3.05) is 12.4 Å². The Bertz CT molecular complexity index is 381.